The number of para-hydroxylation sites is 1. The molecule has 0 unspecified atom stereocenters. The Morgan fingerprint density at radius 3 is 2.42 bits per heavy atom. The summed E-state index contributed by atoms with van der Waals surface area (Å²) in [6.07, 6.45) is 1.90. The van der Waals surface area contributed by atoms with E-state index in [1.165, 1.54) is 0 Å². The second-order valence-corrected chi connectivity index (χ2v) is 6.00. The van der Waals surface area contributed by atoms with E-state index in [-0.39, 0.29) is 5.91 Å². The van der Waals surface area contributed by atoms with Crippen molar-refractivity contribution >= 4 is 5.91 Å². The molecular weight excluding hydrogens is 330 g/mol. The fourth-order valence-electron chi connectivity index (χ4n) is 2.66. The molecule has 0 aromatic heterocycles. The second kappa shape index (κ2) is 10.3. The number of carbonyl (C=O) groups is 1. The second-order valence-electron chi connectivity index (χ2n) is 6.00. The van der Waals surface area contributed by atoms with Crippen molar-refractivity contribution in [3.05, 3.63) is 53.6 Å². The first-order valence-electron chi connectivity index (χ1n) is 8.80. The predicted octanol–water partition coefficient (Wildman–Crippen LogP) is 3.53. The molecule has 5 heteroatoms. The molecular formula is C21H27NO4. The van der Waals surface area contributed by atoms with Crippen LogP contribution in [-0.2, 0) is 11.2 Å². The van der Waals surface area contributed by atoms with E-state index in [9.17, 15) is 4.79 Å². The number of hydrogen-bond donors (Lipinski definition) is 1. The first-order valence-corrected chi connectivity index (χ1v) is 8.80. The Morgan fingerprint density at radius 1 is 1.04 bits per heavy atom. The summed E-state index contributed by atoms with van der Waals surface area (Å²) in [6.45, 7) is 3.15. The van der Waals surface area contributed by atoms with Crippen molar-refractivity contribution in [3.63, 3.8) is 0 Å². The third-order valence-corrected chi connectivity index (χ3v) is 4.12. The van der Waals surface area contributed by atoms with Crippen LogP contribution in [0, 0.1) is 6.92 Å². The summed E-state index contributed by atoms with van der Waals surface area (Å²) in [4.78, 5) is 11.9. The summed E-state index contributed by atoms with van der Waals surface area (Å²) in [5.74, 6) is 2.30. The van der Waals surface area contributed by atoms with Gasteiger partial charge in [0.1, 0.15) is 5.75 Å². The van der Waals surface area contributed by atoms with Crippen LogP contribution in [0.5, 0.6) is 17.2 Å². The fourth-order valence-corrected chi connectivity index (χ4v) is 2.66. The summed E-state index contributed by atoms with van der Waals surface area (Å²) in [6, 6.07) is 13.5. The molecule has 0 aliphatic rings. The third-order valence-electron chi connectivity index (χ3n) is 4.12. The van der Waals surface area contributed by atoms with Gasteiger partial charge in [-0.05, 0) is 55.2 Å². The van der Waals surface area contributed by atoms with E-state index in [4.69, 9.17) is 14.2 Å². The van der Waals surface area contributed by atoms with Crippen LogP contribution in [0.25, 0.3) is 0 Å². The Kier molecular flexibility index (Phi) is 7.80. The summed E-state index contributed by atoms with van der Waals surface area (Å²) < 4.78 is 16.2. The first-order chi connectivity index (χ1) is 12.6. The maximum absolute atomic E-state index is 11.9. The predicted molar refractivity (Wildman–Crippen MR) is 102 cm³/mol. The van der Waals surface area contributed by atoms with E-state index in [0.717, 1.165) is 29.0 Å². The van der Waals surface area contributed by atoms with Gasteiger partial charge >= 0.3 is 0 Å². The van der Waals surface area contributed by atoms with Crippen LogP contribution in [0.3, 0.4) is 0 Å². The molecule has 0 saturated carbocycles. The van der Waals surface area contributed by atoms with Gasteiger partial charge in [-0.2, -0.15) is 0 Å². The molecule has 1 N–H and O–H groups in total. The number of ether oxygens (including phenoxy) is 3. The lowest BCUT2D eigenvalue weighted by Crippen LogP contribution is -2.26. The molecule has 1 amide bonds. The number of rotatable bonds is 10. The Hall–Kier alpha value is -2.69. The van der Waals surface area contributed by atoms with E-state index >= 15 is 0 Å². The van der Waals surface area contributed by atoms with Crippen LogP contribution >= 0.6 is 0 Å². The molecule has 140 valence electrons. The lowest BCUT2D eigenvalue weighted by Gasteiger charge is -2.13. The maximum atomic E-state index is 11.9. The molecule has 0 atom stereocenters. The molecule has 0 saturated heterocycles. The van der Waals surface area contributed by atoms with E-state index in [0.29, 0.717) is 31.7 Å². The zero-order valence-corrected chi connectivity index (χ0v) is 15.7. The molecule has 5 nitrogen and oxygen atoms in total. The van der Waals surface area contributed by atoms with E-state index in [1.807, 2.05) is 49.4 Å². The molecule has 0 radical (unpaired) electrons. The number of aryl methyl sites for hydroxylation is 1. The van der Waals surface area contributed by atoms with Gasteiger partial charge in [0.2, 0.25) is 5.91 Å². The zero-order chi connectivity index (χ0) is 18.8. The molecule has 0 aliphatic heterocycles. The standard InChI is InChI=1S/C21H27NO4/c1-16-14-19(24-2)20(25-3)15-17(16)11-12-22-21(23)10-7-13-26-18-8-5-4-6-9-18/h4-6,8-9,14-15H,7,10-13H2,1-3H3,(H,22,23). The Labute approximate surface area is 155 Å². The minimum absolute atomic E-state index is 0.0415. The average molecular weight is 357 g/mol. The molecule has 0 spiro atoms. The highest BCUT2D eigenvalue weighted by Gasteiger charge is 2.09. The van der Waals surface area contributed by atoms with E-state index in [1.54, 1.807) is 14.2 Å². The van der Waals surface area contributed by atoms with Gasteiger partial charge in [-0.1, -0.05) is 18.2 Å². The minimum Gasteiger partial charge on any atom is -0.494 e. The quantitative estimate of drug-likeness (QED) is 0.661. The highest BCUT2D eigenvalue weighted by molar-refractivity contribution is 5.75. The zero-order valence-electron chi connectivity index (χ0n) is 15.7. The number of amides is 1. The fraction of sp³-hybridized carbons (Fsp3) is 0.381. The van der Waals surface area contributed by atoms with Crippen LogP contribution in [0.15, 0.2) is 42.5 Å². The van der Waals surface area contributed by atoms with Crippen molar-refractivity contribution in [3.8, 4) is 17.2 Å². The van der Waals surface area contributed by atoms with Gasteiger partial charge in [0.25, 0.3) is 0 Å². The van der Waals surface area contributed by atoms with Crippen LogP contribution < -0.4 is 19.5 Å². The van der Waals surface area contributed by atoms with Crippen molar-refractivity contribution in [1.82, 2.24) is 5.32 Å². The molecule has 0 fully saturated rings. The summed E-state index contributed by atoms with van der Waals surface area (Å²) in [5.41, 5.74) is 2.25. The SMILES string of the molecule is COc1cc(C)c(CCNC(=O)CCCOc2ccccc2)cc1OC. The van der Waals surface area contributed by atoms with Gasteiger partial charge < -0.3 is 19.5 Å². The van der Waals surface area contributed by atoms with Crippen molar-refractivity contribution in [1.29, 1.82) is 0 Å². The lowest BCUT2D eigenvalue weighted by molar-refractivity contribution is -0.121. The topological polar surface area (TPSA) is 56.8 Å². The van der Waals surface area contributed by atoms with Gasteiger partial charge in [0.05, 0.1) is 20.8 Å². The van der Waals surface area contributed by atoms with Crippen LogP contribution in [-0.4, -0.2) is 33.3 Å². The number of carbonyl (C=O) groups excluding carboxylic acids is 1. The molecule has 0 aliphatic carbocycles. The van der Waals surface area contributed by atoms with Crippen molar-refractivity contribution in [2.45, 2.75) is 26.2 Å². The third kappa shape index (κ3) is 5.99. The molecule has 0 bridgehead atoms. The summed E-state index contributed by atoms with van der Waals surface area (Å²) in [5, 5.41) is 2.96. The first kappa shape index (κ1) is 19.6. The van der Waals surface area contributed by atoms with Crippen molar-refractivity contribution < 1.29 is 19.0 Å². The van der Waals surface area contributed by atoms with Crippen molar-refractivity contribution in [2.75, 3.05) is 27.4 Å². The largest absolute Gasteiger partial charge is 0.494 e. The Morgan fingerprint density at radius 2 is 1.73 bits per heavy atom. The summed E-state index contributed by atoms with van der Waals surface area (Å²) in [7, 11) is 3.24. The maximum Gasteiger partial charge on any atom is 0.220 e. The highest BCUT2D eigenvalue weighted by Crippen LogP contribution is 2.30. The number of nitrogens with one attached hydrogen (secondary N) is 1. The Bertz CT molecular complexity index is 701. The number of methoxy groups -OCH3 is 2. The van der Waals surface area contributed by atoms with Gasteiger partial charge in [-0.25, -0.2) is 0 Å². The average Bonchev–Trinajstić information content (AvgIpc) is 2.67. The van der Waals surface area contributed by atoms with E-state index < -0.39 is 0 Å². The number of hydrogen-bond acceptors (Lipinski definition) is 4. The molecule has 2 aromatic rings. The normalized spacial score (nSPS) is 10.3. The lowest BCUT2D eigenvalue weighted by atomic mass is 10.0. The monoisotopic (exact) mass is 357 g/mol. The van der Waals surface area contributed by atoms with Crippen LogP contribution in [0.4, 0.5) is 0 Å². The van der Waals surface area contributed by atoms with E-state index in [2.05, 4.69) is 5.32 Å². The highest BCUT2D eigenvalue weighted by atomic mass is 16.5. The smallest absolute Gasteiger partial charge is 0.220 e. The van der Waals surface area contributed by atoms with Gasteiger partial charge in [-0.15, -0.1) is 0 Å². The van der Waals surface area contributed by atoms with Crippen LogP contribution in [0.1, 0.15) is 24.0 Å². The van der Waals surface area contributed by atoms with Crippen LogP contribution in [0.2, 0.25) is 0 Å². The molecule has 2 aromatic carbocycles. The van der Waals surface area contributed by atoms with Gasteiger partial charge in [-0.3, -0.25) is 4.79 Å². The van der Waals surface area contributed by atoms with Crippen molar-refractivity contribution in [2.24, 2.45) is 0 Å². The minimum atomic E-state index is 0.0415. The molecule has 0 heterocycles. The molecule has 26 heavy (non-hydrogen) atoms. The van der Waals surface area contributed by atoms with Gasteiger partial charge in [0, 0.05) is 13.0 Å². The van der Waals surface area contributed by atoms with Gasteiger partial charge in [0.15, 0.2) is 11.5 Å². The Balaban J connectivity index is 1.69. The summed E-state index contributed by atoms with van der Waals surface area (Å²) >= 11 is 0. The number of benzene rings is 2. The molecule has 2 rings (SSSR count).